The normalized spacial score (nSPS) is 15.1. The van der Waals surface area contributed by atoms with E-state index in [0.29, 0.717) is 43.1 Å². The summed E-state index contributed by atoms with van der Waals surface area (Å²) in [4.78, 5) is 27.4. The maximum Gasteiger partial charge on any atom is 0.415 e. The molecule has 1 heterocycles. The standard InChI is InChI=1S/C27H31NO7/c1-4-9-25(35-26(29)20-10-7-6-8-11-20)24-18-21-17-22(34-19-32-16-15-31-3)12-13-23(21)28(24)27(30)33-14-5-2/h4-8,10-13,17,24-25H,1-2,9,14-16,18-19H2,3H3/t24-,25-/m0/s1. The second kappa shape index (κ2) is 13.3. The molecule has 186 valence electrons. The Morgan fingerprint density at radius 3 is 2.63 bits per heavy atom. The Morgan fingerprint density at radius 1 is 1.11 bits per heavy atom. The lowest BCUT2D eigenvalue weighted by Crippen LogP contribution is -2.47. The van der Waals surface area contributed by atoms with Crippen LogP contribution in [-0.4, -0.2) is 57.9 Å². The SMILES string of the molecule is C=CCOC(=O)N1c2ccc(OCOCCOC)cc2C[C@H]1[C@H](CC=C)OC(=O)c1ccccc1. The number of fused-ring (bicyclic) bond motifs is 1. The molecular formula is C27H31NO7. The van der Waals surface area contributed by atoms with Crippen molar-refractivity contribution in [2.75, 3.05) is 38.6 Å². The van der Waals surface area contributed by atoms with Crippen molar-refractivity contribution >= 4 is 17.7 Å². The third-order valence-corrected chi connectivity index (χ3v) is 5.43. The lowest BCUT2D eigenvalue weighted by Gasteiger charge is -2.30. The van der Waals surface area contributed by atoms with Crippen LogP contribution in [0.5, 0.6) is 5.75 Å². The molecule has 8 nitrogen and oxygen atoms in total. The predicted octanol–water partition coefficient (Wildman–Crippen LogP) is 4.54. The van der Waals surface area contributed by atoms with E-state index >= 15 is 0 Å². The minimum absolute atomic E-state index is 0.0628. The number of amides is 1. The van der Waals surface area contributed by atoms with Gasteiger partial charge in [-0.3, -0.25) is 4.90 Å². The van der Waals surface area contributed by atoms with E-state index in [0.717, 1.165) is 5.56 Å². The van der Waals surface area contributed by atoms with Gasteiger partial charge in [0.2, 0.25) is 0 Å². The lowest BCUT2D eigenvalue weighted by atomic mass is 10.0. The van der Waals surface area contributed by atoms with Gasteiger partial charge in [0.15, 0.2) is 6.79 Å². The number of carbonyl (C=O) groups is 2. The van der Waals surface area contributed by atoms with Crippen LogP contribution in [0.25, 0.3) is 0 Å². The Hall–Kier alpha value is -3.62. The van der Waals surface area contributed by atoms with Crippen LogP contribution in [0, 0.1) is 0 Å². The Kier molecular flexibility index (Phi) is 9.89. The number of nitrogens with zero attached hydrogens (tertiary/aromatic N) is 1. The Morgan fingerprint density at radius 2 is 1.91 bits per heavy atom. The summed E-state index contributed by atoms with van der Waals surface area (Å²) in [5, 5.41) is 0. The van der Waals surface area contributed by atoms with Gasteiger partial charge >= 0.3 is 12.1 Å². The second-order valence-corrected chi connectivity index (χ2v) is 7.79. The summed E-state index contributed by atoms with van der Waals surface area (Å²) < 4.78 is 27.2. The first-order valence-corrected chi connectivity index (χ1v) is 11.3. The van der Waals surface area contributed by atoms with E-state index in [1.165, 1.54) is 11.0 Å². The van der Waals surface area contributed by atoms with E-state index in [1.54, 1.807) is 49.6 Å². The zero-order chi connectivity index (χ0) is 25.0. The molecular weight excluding hydrogens is 450 g/mol. The van der Waals surface area contributed by atoms with Gasteiger partial charge in [-0.05, 0) is 42.3 Å². The molecule has 1 amide bonds. The van der Waals surface area contributed by atoms with Gasteiger partial charge in [0.25, 0.3) is 0 Å². The lowest BCUT2D eigenvalue weighted by molar-refractivity contribution is -0.00849. The molecule has 0 saturated heterocycles. The fourth-order valence-corrected chi connectivity index (χ4v) is 3.82. The average molecular weight is 482 g/mol. The maximum atomic E-state index is 13.0. The third-order valence-electron chi connectivity index (χ3n) is 5.43. The molecule has 0 aliphatic carbocycles. The van der Waals surface area contributed by atoms with E-state index in [9.17, 15) is 9.59 Å². The molecule has 0 aromatic heterocycles. The number of methoxy groups -OCH3 is 1. The summed E-state index contributed by atoms with van der Waals surface area (Å²) in [6.45, 7) is 8.44. The van der Waals surface area contributed by atoms with Crippen molar-refractivity contribution in [2.45, 2.75) is 25.0 Å². The highest BCUT2D eigenvalue weighted by Crippen LogP contribution is 2.38. The zero-order valence-electron chi connectivity index (χ0n) is 19.9. The molecule has 8 heteroatoms. The first-order chi connectivity index (χ1) is 17.1. The number of hydrogen-bond acceptors (Lipinski definition) is 7. The van der Waals surface area contributed by atoms with Crippen molar-refractivity contribution in [2.24, 2.45) is 0 Å². The number of anilines is 1. The Bertz CT molecular complexity index is 1010. The summed E-state index contributed by atoms with van der Waals surface area (Å²) >= 11 is 0. The number of hydrogen-bond donors (Lipinski definition) is 0. The summed E-state index contributed by atoms with van der Waals surface area (Å²) in [6.07, 6.45) is 2.80. The second-order valence-electron chi connectivity index (χ2n) is 7.79. The first kappa shape index (κ1) is 26.0. The quantitative estimate of drug-likeness (QED) is 0.180. The van der Waals surface area contributed by atoms with Crippen LogP contribution in [0.1, 0.15) is 22.3 Å². The number of ether oxygens (including phenoxy) is 5. The van der Waals surface area contributed by atoms with Crippen LogP contribution >= 0.6 is 0 Å². The smallest absolute Gasteiger partial charge is 0.415 e. The molecule has 0 spiro atoms. The molecule has 2 atom stereocenters. The fraction of sp³-hybridized carbons (Fsp3) is 0.333. The molecule has 1 aliphatic heterocycles. The van der Waals surface area contributed by atoms with Crippen LogP contribution in [0.3, 0.4) is 0 Å². The molecule has 0 fully saturated rings. The van der Waals surface area contributed by atoms with Gasteiger partial charge in [0.05, 0.1) is 30.5 Å². The van der Waals surface area contributed by atoms with Crippen LogP contribution in [0.2, 0.25) is 0 Å². The van der Waals surface area contributed by atoms with Crippen LogP contribution < -0.4 is 9.64 Å². The highest BCUT2D eigenvalue weighted by atomic mass is 16.7. The van der Waals surface area contributed by atoms with E-state index in [4.69, 9.17) is 23.7 Å². The molecule has 3 rings (SSSR count). The van der Waals surface area contributed by atoms with Crippen LogP contribution in [-0.2, 0) is 25.4 Å². The summed E-state index contributed by atoms with van der Waals surface area (Å²) in [6, 6.07) is 13.6. The topological polar surface area (TPSA) is 83.5 Å². The minimum Gasteiger partial charge on any atom is -0.468 e. The van der Waals surface area contributed by atoms with Gasteiger partial charge in [-0.15, -0.1) is 6.58 Å². The molecule has 2 aromatic carbocycles. The largest absolute Gasteiger partial charge is 0.468 e. The minimum atomic E-state index is -0.634. The van der Waals surface area contributed by atoms with Crippen molar-refractivity contribution in [1.29, 1.82) is 0 Å². The van der Waals surface area contributed by atoms with Crippen molar-refractivity contribution in [1.82, 2.24) is 0 Å². The van der Waals surface area contributed by atoms with E-state index in [-0.39, 0.29) is 13.4 Å². The summed E-state index contributed by atoms with van der Waals surface area (Å²) in [7, 11) is 1.60. The first-order valence-electron chi connectivity index (χ1n) is 11.3. The van der Waals surface area contributed by atoms with Gasteiger partial charge < -0.3 is 23.7 Å². The van der Waals surface area contributed by atoms with Gasteiger partial charge in [-0.2, -0.15) is 0 Å². The van der Waals surface area contributed by atoms with Crippen LogP contribution in [0.4, 0.5) is 10.5 Å². The van der Waals surface area contributed by atoms with Gasteiger partial charge in [0.1, 0.15) is 18.5 Å². The van der Waals surface area contributed by atoms with Gasteiger partial charge in [-0.25, -0.2) is 9.59 Å². The van der Waals surface area contributed by atoms with Gasteiger partial charge in [-0.1, -0.05) is 36.9 Å². The Labute approximate surface area is 205 Å². The maximum absolute atomic E-state index is 13.0. The average Bonchev–Trinajstić information content (AvgIpc) is 3.26. The van der Waals surface area contributed by atoms with Crippen molar-refractivity contribution in [3.8, 4) is 5.75 Å². The summed E-state index contributed by atoms with van der Waals surface area (Å²) in [5.41, 5.74) is 1.97. The molecule has 0 radical (unpaired) electrons. The van der Waals surface area contributed by atoms with E-state index in [2.05, 4.69) is 13.2 Å². The fourth-order valence-electron chi connectivity index (χ4n) is 3.82. The third kappa shape index (κ3) is 6.94. The summed E-state index contributed by atoms with van der Waals surface area (Å²) in [5.74, 6) is 0.132. The predicted molar refractivity (Wildman–Crippen MR) is 132 cm³/mol. The van der Waals surface area contributed by atoms with E-state index < -0.39 is 24.2 Å². The molecule has 35 heavy (non-hydrogen) atoms. The number of carbonyl (C=O) groups excluding carboxylic acids is 2. The van der Waals surface area contributed by atoms with Gasteiger partial charge in [0, 0.05) is 13.5 Å². The molecule has 2 aromatic rings. The molecule has 0 bridgehead atoms. The van der Waals surface area contributed by atoms with Crippen molar-refractivity contribution in [3.63, 3.8) is 0 Å². The Balaban J connectivity index is 1.82. The van der Waals surface area contributed by atoms with Crippen LogP contribution in [0.15, 0.2) is 73.8 Å². The zero-order valence-corrected chi connectivity index (χ0v) is 19.9. The van der Waals surface area contributed by atoms with E-state index in [1.807, 2.05) is 12.1 Å². The highest BCUT2D eigenvalue weighted by molar-refractivity contribution is 5.92. The highest BCUT2D eigenvalue weighted by Gasteiger charge is 2.41. The molecule has 0 N–H and O–H groups in total. The number of esters is 1. The molecule has 0 unspecified atom stereocenters. The molecule has 0 saturated carbocycles. The number of rotatable bonds is 13. The van der Waals surface area contributed by atoms with Crippen molar-refractivity contribution in [3.05, 3.63) is 85.0 Å². The monoisotopic (exact) mass is 481 g/mol. The molecule has 1 aliphatic rings. The van der Waals surface area contributed by atoms with Crippen molar-refractivity contribution < 1.29 is 33.3 Å². The number of benzene rings is 2.